The number of benzene rings is 1. The van der Waals surface area contributed by atoms with Gasteiger partial charge in [-0.3, -0.25) is 38.1 Å². The van der Waals surface area contributed by atoms with Crippen molar-refractivity contribution < 1.29 is 48.0 Å². The number of fused-ring (bicyclic) bond motifs is 1. The molecule has 2 saturated heterocycles. The second-order valence-corrected chi connectivity index (χ2v) is 16.9. The maximum atomic E-state index is 13.4. The third kappa shape index (κ3) is 12.7. The first-order valence-electron chi connectivity index (χ1n) is 21.3. The van der Waals surface area contributed by atoms with Gasteiger partial charge in [-0.1, -0.05) is 31.0 Å². The van der Waals surface area contributed by atoms with Crippen molar-refractivity contribution in [2.45, 2.75) is 89.1 Å². The number of likely N-dealkylation sites (N-methyl/N-ethyl adjacent to an activating group) is 2. The van der Waals surface area contributed by atoms with Crippen LogP contribution in [0.5, 0.6) is 0 Å². The van der Waals surface area contributed by atoms with Gasteiger partial charge in [0.25, 0.3) is 11.8 Å². The number of rotatable bonds is 21. The van der Waals surface area contributed by atoms with E-state index in [4.69, 9.17) is 15.4 Å². The van der Waals surface area contributed by atoms with E-state index in [1.54, 1.807) is 56.5 Å². The molecule has 2 aromatic heterocycles. The fraction of sp³-hybridized carbons (Fsp3) is 0.512. The Balaban J connectivity index is 0.895. The van der Waals surface area contributed by atoms with E-state index in [-0.39, 0.29) is 57.6 Å². The molecule has 350 valence electrons. The molecule has 1 aromatic carbocycles. The standard InChI is InChI=1S/C41H55N13O10S/c1-4-18-65-49-28-19-27(20-28)47-36-29-13-15-53(37(29)45-24-44-36)40(61)50(2)16-17-51(3)41(62)63-23-25-7-9-26(10-8-25)46-33(56)22-43-38(59)31-6-5-14-52(31)39(60)30(21-32(42)55)48-64-54-34(57)11-12-35(54)58/h7-10,13,15,24,27-28,30-31,48-49H,4-6,11-12,14,16-23H2,1-3H3,(H2,42,55)(H,43,59)(H,46,56)(H,44,45,47). The summed E-state index contributed by atoms with van der Waals surface area (Å²) in [4.78, 5) is 119. The number of primary amides is 1. The Kier molecular flexibility index (Phi) is 16.6. The van der Waals surface area contributed by atoms with Gasteiger partial charge in [-0.25, -0.2) is 19.6 Å². The highest BCUT2D eigenvalue weighted by molar-refractivity contribution is 7.97. The molecule has 23 nitrogen and oxygen atoms in total. The maximum absolute atomic E-state index is 13.4. The van der Waals surface area contributed by atoms with Crippen molar-refractivity contribution in [3.8, 4) is 0 Å². The summed E-state index contributed by atoms with van der Waals surface area (Å²) in [7, 11) is 3.21. The number of nitrogens with two attached hydrogens (primary N) is 1. The summed E-state index contributed by atoms with van der Waals surface area (Å²) >= 11 is 1.75. The van der Waals surface area contributed by atoms with Gasteiger partial charge < -0.3 is 41.1 Å². The molecule has 1 saturated carbocycles. The summed E-state index contributed by atoms with van der Waals surface area (Å²) in [6, 6.07) is 6.39. The minimum absolute atomic E-state index is 0.0590. The van der Waals surface area contributed by atoms with E-state index >= 15 is 0 Å². The fourth-order valence-electron chi connectivity index (χ4n) is 7.28. The molecule has 6 rings (SSSR count). The lowest BCUT2D eigenvalue weighted by Gasteiger charge is -2.36. The zero-order valence-electron chi connectivity index (χ0n) is 36.4. The number of likely N-dealkylation sites (tertiary alicyclic amines) is 1. The summed E-state index contributed by atoms with van der Waals surface area (Å²) in [6.45, 7) is 2.26. The number of ether oxygens (including phenoxy) is 1. The molecular weight excluding hydrogens is 867 g/mol. The first-order chi connectivity index (χ1) is 31.2. The van der Waals surface area contributed by atoms with E-state index in [9.17, 15) is 38.4 Å². The van der Waals surface area contributed by atoms with Crippen LogP contribution in [0.25, 0.3) is 11.0 Å². The monoisotopic (exact) mass is 921 g/mol. The lowest BCUT2D eigenvalue weighted by atomic mass is 9.87. The molecule has 2 unspecified atom stereocenters. The van der Waals surface area contributed by atoms with Gasteiger partial charge in [0.05, 0.1) is 18.4 Å². The lowest BCUT2D eigenvalue weighted by Crippen LogP contribution is -2.55. The number of nitrogens with zero attached hydrogens (tertiary/aromatic N) is 7. The second kappa shape index (κ2) is 22.5. The van der Waals surface area contributed by atoms with E-state index < -0.39 is 66.6 Å². The van der Waals surface area contributed by atoms with Crippen LogP contribution in [0.2, 0.25) is 0 Å². The van der Waals surface area contributed by atoms with E-state index in [2.05, 4.69) is 43.0 Å². The zero-order valence-corrected chi connectivity index (χ0v) is 37.3. The van der Waals surface area contributed by atoms with Crippen molar-refractivity contribution in [2.75, 3.05) is 56.7 Å². The van der Waals surface area contributed by atoms with Crippen molar-refractivity contribution in [1.82, 2.24) is 49.8 Å². The number of hydrogen-bond donors (Lipinski definition) is 6. The van der Waals surface area contributed by atoms with E-state index in [0.717, 1.165) is 30.4 Å². The zero-order chi connectivity index (χ0) is 46.6. The molecule has 3 aliphatic rings. The number of anilines is 2. The summed E-state index contributed by atoms with van der Waals surface area (Å²) in [5, 5.41) is 9.89. The van der Waals surface area contributed by atoms with Crippen LogP contribution in [0.4, 0.5) is 21.1 Å². The molecule has 2 atom stereocenters. The average molecular weight is 922 g/mol. The molecule has 8 amide bonds. The van der Waals surface area contributed by atoms with Gasteiger partial charge in [-0.05, 0) is 55.9 Å². The van der Waals surface area contributed by atoms with Crippen molar-refractivity contribution in [3.63, 3.8) is 0 Å². The van der Waals surface area contributed by atoms with Crippen LogP contribution in [0.3, 0.4) is 0 Å². The number of carbonyl (C=O) groups excluding carboxylic acids is 8. The first kappa shape index (κ1) is 48.1. The maximum Gasteiger partial charge on any atom is 0.409 e. The highest BCUT2D eigenvalue weighted by Gasteiger charge is 2.39. The van der Waals surface area contributed by atoms with Crippen LogP contribution in [-0.2, 0) is 45.0 Å². The molecule has 0 bridgehead atoms. The molecule has 0 spiro atoms. The Morgan fingerprint density at radius 3 is 2.40 bits per heavy atom. The van der Waals surface area contributed by atoms with Gasteiger partial charge in [0.2, 0.25) is 23.6 Å². The molecule has 1 aliphatic carbocycles. The fourth-order valence-corrected chi connectivity index (χ4v) is 8.03. The minimum Gasteiger partial charge on any atom is -0.445 e. The quantitative estimate of drug-likeness (QED) is 0.0377. The van der Waals surface area contributed by atoms with Crippen LogP contribution in [0.1, 0.15) is 63.9 Å². The Bertz CT molecular complexity index is 2220. The second-order valence-electron chi connectivity index (χ2n) is 16.0. The van der Waals surface area contributed by atoms with Gasteiger partial charge in [-0.15, -0.1) is 5.06 Å². The summed E-state index contributed by atoms with van der Waals surface area (Å²) < 4.78 is 10.4. The Morgan fingerprint density at radius 2 is 1.69 bits per heavy atom. The van der Waals surface area contributed by atoms with Gasteiger partial charge in [-0.2, -0.15) is 10.4 Å². The highest BCUT2D eigenvalue weighted by Crippen LogP contribution is 2.29. The highest BCUT2D eigenvalue weighted by atomic mass is 32.2. The molecule has 3 aromatic rings. The minimum atomic E-state index is -1.39. The van der Waals surface area contributed by atoms with Crippen molar-refractivity contribution >= 4 is 82.1 Å². The van der Waals surface area contributed by atoms with Crippen molar-refractivity contribution in [1.29, 1.82) is 0 Å². The molecule has 3 fully saturated rings. The normalized spacial score (nSPS) is 18.5. The summed E-state index contributed by atoms with van der Waals surface area (Å²) in [5.74, 6) is -2.21. The molecular formula is C41H55N13O10S. The number of imide groups is 1. The number of aromatic nitrogens is 3. The smallest absolute Gasteiger partial charge is 0.409 e. The average Bonchev–Trinajstić information content (AvgIpc) is 4.03. The van der Waals surface area contributed by atoms with Crippen LogP contribution < -0.4 is 31.9 Å². The molecule has 0 radical (unpaired) electrons. The van der Waals surface area contributed by atoms with Gasteiger partial charge in [0, 0.05) is 76.3 Å². The van der Waals surface area contributed by atoms with Crippen LogP contribution in [-0.4, -0.2) is 152 Å². The van der Waals surface area contributed by atoms with E-state index in [0.29, 0.717) is 40.2 Å². The van der Waals surface area contributed by atoms with Crippen LogP contribution >= 0.6 is 11.9 Å². The summed E-state index contributed by atoms with van der Waals surface area (Å²) in [5.41, 5.74) is 9.11. The molecule has 24 heteroatoms. The third-order valence-corrected chi connectivity index (χ3v) is 12.1. The molecule has 7 N–H and O–H groups in total. The lowest BCUT2D eigenvalue weighted by molar-refractivity contribution is -0.214. The first-order valence-corrected chi connectivity index (χ1v) is 22.3. The van der Waals surface area contributed by atoms with Gasteiger partial charge >= 0.3 is 12.1 Å². The Morgan fingerprint density at radius 1 is 0.969 bits per heavy atom. The van der Waals surface area contributed by atoms with E-state index in [1.165, 1.54) is 25.6 Å². The predicted octanol–water partition coefficient (Wildman–Crippen LogP) is 1.07. The molecule has 65 heavy (non-hydrogen) atoms. The SMILES string of the molecule is CCCSNC1CC(Nc2ncnc3c2ccn3C(=O)N(C)CCN(C)C(=O)OCc2ccc(NC(=O)CNC(=O)C3CCCN3C(=O)C(CC(N)=O)NON3C(=O)CCC3=O)cc2)C1. The number of amides is 8. The largest absolute Gasteiger partial charge is 0.445 e. The topological polar surface area (TPSA) is 285 Å². The van der Waals surface area contributed by atoms with Crippen LogP contribution in [0.15, 0.2) is 42.9 Å². The molecule has 4 heterocycles. The van der Waals surface area contributed by atoms with E-state index in [1.807, 2.05) is 6.07 Å². The third-order valence-electron chi connectivity index (χ3n) is 11.0. The number of carbonyl (C=O) groups is 8. The number of hydroxylamine groups is 3. The van der Waals surface area contributed by atoms with Gasteiger partial charge in [0.1, 0.15) is 30.8 Å². The number of nitrogens with one attached hydrogen (secondary N) is 5. The van der Waals surface area contributed by atoms with Crippen molar-refractivity contribution in [2.24, 2.45) is 5.73 Å². The Labute approximate surface area is 378 Å². The molecule has 2 aliphatic heterocycles. The van der Waals surface area contributed by atoms with Crippen LogP contribution in [0, 0.1) is 0 Å². The summed E-state index contributed by atoms with van der Waals surface area (Å²) in [6.07, 6.45) is 5.66. The number of hydrogen-bond acceptors (Lipinski definition) is 16. The van der Waals surface area contributed by atoms with Crippen molar-refractivity contribution in [3.05, 3.63) is 48.4 Å². The Hall–Kier alpha value is -6.37. The van der Waals surface area contributed by atoms with Gasteiger partial charge in [0.15, 0.2) is 5.65 Å². The predicted molar refractivity (Wildman–Crippen MR) is 236 cm³/mol.